The van der Waals surface area contributed by atoms with Crippen molar-refractivity contribution in [3.63, 3.8) is 0 Å². The highest BCUT2D eigenvalue weighted by Crippen LogP contribution is 2.42. The van der Waals surface area contributed by atoms with Gasteiger partial charge in [0.25, 0.3) is 0 Å². The SMILES string of the molecule is CCOCC1(CCc2scc3[nH]c(=O)[nH]c23)CCN(C(C)(C)c2ccc(C)nc2)C1. The number of hydrogen-bond donors (Lipinski definition) is 2. The number of aromatic amines is 2. The number of rotatable bonds is 8. The van der Waals surface area contributed by atoms with Crippen LogP contribution in [-0.4, -0.2) is 46.2 Å². The third-order valence-electron chi connectivity index (χ3n) is 6.70. The fourth-order valence-corrected chi connectivity index (χ4v) is 5.53. The summed E-state index contributed by atoms with van der Waals surface area (Å²) in [6.07, 6.45) is 5.14. The third-order valence-corrected chi connectivity index (χ3v) is 7.74. The average Bonchev–Trinajstić information content (AvgIpc) is 3.40. The Hall–Kier alpha value is -1.96. The molecule has 0 bridgehead atoms. The summed E-state index contributed by atoms with van der Waals surface area (Å²) in [5.74, 6) is 0. The van der Waals surface area contributed by atoms with Crippen molar-refractivity contribution in [2.24, 2.45) is 5.41 Å². The van der Waals surface area contributed by atoms with Gasteiger partial charge in [-0.2, -0.15) is 0 Å². The van der Waals surface area contributed by atoms with Crippen LogP contribution in [-0.2, 0) is 16.7 Å². The van der Waals surface area contributed by atoms with E-state index in [2.05, 4.69) is 52.8 Å². The first kappa shape index (κ1) is 21.3. The van der Waals surface area contributed by atoms with E-state index >= 15 is 0 Å². The number of nitrogens with one attached hydrogen (secondary N) is 2. The fourth-order valence-electron chi connectivity index (χ4n) is 4.59. The lowest BCUT2D eigenvalue weighted by Gasteiger charge is -2.38. The van der Waals surface area contributed by atoms with Gasteiger partial charge in [0.2, 0.25) is 0 Å². The number of thiophene rings is 1. The number of hydrogen-bond acceptors (Lipinski definition) is 5. The smallest absolute Gasteiger partial charge is 0.323 e. The van der Waals surface area contributed by atoms with Crippen LogP contribution in [0, 0.1) is 12.3 Å². The molecule has 4 rings (SSSR count). The Bertz CT molecular complexity index is 1050. The van der Waals surface area contributed by atoms with Crippen molar-refractivity contribution in [2.75, 3.05) is 26.3 Å². The molecule has 0 aliphatic carbocycles. The normalized spacial score (nSPS) is 20.4. The summed E-state index contributed by atoms with van der Waals surface area (Å²) in [5, 5.41) is 2.03. The Morgan fingerprint density at radius 1 is 1.33 bits per heavy atom. The van der Waals surface area contributed by atoms with E-state index in [0.29, 0.717) is 0 Å². The van der Waals surface area contributed by atoms with Crippen molar-refractivity contribution < 1.29 is 4.74 Å². The number of nitrogens with zero attached hydrogens (tertiary/aromatic N) is 2. The Balaban J connectivity index is 1.52. The molecule has 0 spiro atoms. The Kier molecular flexibility index (Phi) is 5.88. The van der Waals surface area contributed by atoms with E-state index < -0.39 is 0 Å². The second kappa shape index (κ2) is 8.29. The maximum atomic E-state index is 11.6. The van der Waals surface area contributed by atoms with Gasteiger partial charge in [-0.25, -0.2) is 4.79 Å². The molecule has 1 atom stereocenters. The van der Waals surface area contributed by atoms with Crippen LogP contribution in [0.15, 0.2) is 28.5 Å². The Morgan fingerprint density at radius 3 is 2.90 bits per heavy atom. The number of fused-ring (bicyclic) bond motifs is 1. The van der Waals surface area contributed by atoms with E-state index in [-0.39, 0.29) is 16.6 Å². The van der Waals surface area contributed by atoms with Gasteiger partial charge in [-0.15, -0.1) is 11.3 Å². The van der Waals surface area contributed by atoms with Crippen LogP contribution in [0.25, 0.3) is 11.0 Å². The topological polar surface area (TPSA) is 74.0 Å². The summed E-state index contributed by atoms with van der Waals surface area (Å²) in [4.78, 5) is 25.8. The average molecular weight is 429 g/mol. The van der Waals surface area contributed by atoms with E-state index in [1.807, 2.05) is 18.5 Å². The van der Waals surface area contributed by atoms with E-state index in [9.17, 15) is 4.79 Å². The Labute approximate surface area is 181 Å². The molecule has 1 unspecified atom stereocenters. The molecule has 0 radical (unpaired) electrons. The third kappa shape index (κ3) is 4.11. The summed E-state index contributed by atoms with van der Waals surface area (Å²) in [7, 11) is 0. The lowest BCUT2D eigenvalue weighted by Crippen LogP contribution is -2.42. The molecule has 1 aliphatic rings. The van der Waals surface area contributed by atoms with Crippen LogP contribution in [0.3, 0.4) is 0 Å². The highest BCUT2D eigenvalue weighted by molar-refractivity contribution is 7.11. The number of aryl methyl sites for hydroxylation is 2. The van der Waals surface area contributed by atoms with Crippen LogP contribution in [0.4, 0.5) is 0 Å². The summed E-state index contributed by atoms with van der Waals surface area (Å²) in [6.45, 7) is 12.3. The lowest BCUT2D eigenvalue weighted by molar-refractivity contribution is 0.0386. The van der Waals surface area contributed by atoms with Crippen LogP contribution >= 0.6 is 11.3 Å². The summed E-state index contributed by atoms with van der Waals surface area (Å²) in [5.41, 5.74) is 4.11. The molecule has 0 amide bonds. The number of H-pyrrole nitrogens is 2. The maximum absolute atomic E-state index is 11.6. The van der Waals surface area contributed by atoms with Crippen molar-refractivity contribution in [3.05, 3.63) is 50.3 Å². The molecule has 162 valence electrons. The predicted molar refractivity (Wildman–Crippen MR) is 122 cm³/mol. The first-order chi connectivity index (χ1) is 14.3. The van der Waals surface area contributed by atoms with Gasteiger partial charge < -0.3 is 14.7 Å². The fraction of sp³-hybridized carbons (Fsp3) is 0.565. The van der Waals surface area contributed by atoms with Gasteiger partial charge in [-0.3, -0.25) is 9.88 Å². The van der Waals surface area contributed by atoms with Crippen molar-refractivity contribution in [1.82, 2.24) is 19.9 Å². The molecule has 0 saturated carbocycles. The summed E-state index contributed by atoms with van der Waals surface area (Å²) >= 11 is 1.72. The predicted octanol–water partition coefficient (Wildman–Crippen LogP) is 4.22. The monoisotopic (exact) mass is 428 g/mol. The van der Waals surface area contributed by atoms with Crippen molar-refractivity contribution in [2.45, 2.75) is 52.5 Å². The lowest BCUT2D eigenvalue weighted by atomic mass is 9.82. The molecule has 3 aromatic heterocycles. The van der Waals surface area contributed by atoms with E-state index in [4.69, 9.17) is 4.74 Å². The molecule has 3 aromatic rings. The molecule has 2 N–H and O–H groups in total. The molecule has 1 saturated heterocycles. The van der Waals surface area contributed by atoms with Gasteiger partial charge in [0.05, 0.1) is 17.6 Å². The van der Waals surface area contributed by atoms with Gasteiger partial charge in [-0.1, -0.05) is 6.07 Å². The zero-order valence-corrected chi connectivity index (χ0v) is 19.2. The quantitative estimate of drug-likeness (QED) is 0.563. The van der Waals surface area contributed by atoms with Crippen LogP contribution in [0.2, 0.25) is 0 Å². The zero-order chi connectivity index (χ0) is 21.4. The van der Waals surface area contributed by atoms with E-state index in [1.165, 1.54) is 10.4 Å². The molecule has 1 aliphatic heterocycles. The minimum atomic E-state index is -0.126. The first-order valence-corrected chi connectivity index (χ1v) is 11.7. The van der Waals surface area contributed by atoms with Gasteiger partial charge in [-0.05, 0) is 65.1 Å². The molecule has 7 heteroatoms. The molecule has 4 heterocycles. The van der Waals surface area contributed by atoms with E-state index in [0.717, 1.165) is 62.3 Å². The van der Waals surface area contributed by atoms with Crippen LogP contribution < -0.4 is 5.69 Å². The standard InChI is InChI=1S/C23H32N4O2S/c1-5-29-15-23(9-8-19-20-18(13-30-19)25-21(28)26-20)10-11-27(14-23)22(3,4)17-7-6-16(2)24-12-17/h6-7,12-13H,5,8-11,14-15H2,1-4H3,(H2,25,26,28). The summed E-state index contributed by atoms with van der Waals surface area (Å²) in [6, 6.07) is 4.30. The second-order valence-corrected chi connectivity index (χ2v) is 10.0. The van der Waals surface area contributed by atoms with Crippen molar-refractivity contribution in [1.29, 1.82) is 0 Å². The zero-order valence-electron chi connectivity index (χ0n) is 18.4. The molecular formula is C23H32N4O2S. The van der Waals surface area contributed by atoms with Gasteiger partial charge in [0.1, 0.15) is 0 Å². The number of aromatic nitrogens is 3. The largest absolute Gasteiger partial charge is 0.381 e. The van der Waals surface area contributed by atoms with Crippen LogP contribution in [0.1, 0.15) is 49.7 Å². The van der Waals surface area contributed by atoms with Crippen molar-refractivity contribution >= 4 is 22.4 Å². The molecule has 0 aromatic carbocycles. The van der Waals surface area contributed by atoms with Gasteiger partial charge in [0.15, 0.2) is 0 Å². The molecule has 6 nitrogen and oxygen atoms in total. The highest BCUT2D eigenvalue weighted by Gasteiger charge is 2.43. The summed E-state index contributed by atoms with van der Waals surface area (Å²) < 4.78 is 5.97. The number of pyridine rings is 1. The number of ether oxygens (including phenoxy) is 1. The first-order valence-electron chi connectivity index (χ1n) is 10.8. The van der Waals surface area contributed by atoms with Gasteiger partial charge in [0, 0.05) is 46.3 Å². The number of likely N-dealkylation sites (tertiary alicyclic amines) is 1. The maximum Gasteiger partial charge on any atom is 0.323 e. The molecule has 1 fully saturated rings. The number of imidazole rings is 1. The van der Waals surface area contributed by atoms with E-state index in [1.54, 1.807) is 11.3 Å². The second-order valence-electron chi connectivity index (χ2n) is 9.08. The molecular weight excluding hydrogens is 396 g/mol. The minimum Gasteiger partial charge on any atom is -0.381 e. The van der Waals surface area contributed by atoms with Crippen molar-refractivity contribution in [3.8, 4) is 0 Å². The minimum absolute atomic E-state index is 0.0727. The molecule has 30 heavy (non-hydrogen) atoms. The van der Waals surface area contributed by atoms with Crippen LogP contribution in [0.5, 0.6) is 0 Å². The highest BCUT2D eigenvalue weighted by atomic mass is 32.1. The Morgan fingerprint density at radius 2 is 2.17 bits per heavy atom. The van der Waals surface area contributed by atoms with Gasteiger partial charge >= 0.3 is 5.69 Å².